The summed E-state index contributed by atoms with van der Waals surface area (Å²) in [5.41, 5.74) is 7.34. The quantitative estimate of drug-likeness (QED) is 0.583. The number of methoxy groups -OCH3 is 1. The highest BCUT2D eigenvalue weighted by Gasteiger charge is 2.19. The summed E-state index contributed by atoms with van der Waals surface area (Å²) in [6.45, 7) is 5.83. The smallest absolute Gasteiger partial charge is 0.320 e. The number of ether oxygens (including phenoxy) is 3. The Balaban J connectivity index is 1.67. The van der Waals surface area contributed by atoms with Gasteiger partial charge in [-0.2, -0.15) is 15.0 Å². The highest BCUT2D eigenvalue weighted by Crippen LogP contribution is 2.27. The molecule has 1 fully saturated rings. The van der Waals surface area contributed by atoms with Crippen LogP contribution in [0.25, 0.3) is 11.2 Å². The molecule has 2 aromatic heterocycles. The lowest BCUT2D eigenvalue weighted by atomic mass is 10.1. The summed E-state index contributed by atoms with van der Waals surface area (Å²) in [5.74, 6) is 0.319. The molecule has 2 N–H and O–H groups in total. The van der Waals surface area contributed by atoms with Gasteiger partial charge in [-0.3, -0.25) is 4.57 Å². The fraction of sp³-hybridized carbons (Fsp3) is 0.750. The highest BCUT2D eigenvalue weighted by molar-refractivity contribution is 5.83. The fourth-order valence-electron chi connectivity index (χ4n) is 3.73. The Morgan fingerprint density at radius 1 is 1.25 bits per heavy atom. The molecule has 1 saturated heterocycles. The van der Waals surface area contributed by atoms with Gasteiger partial charge in [0.05, 0.1) is 19.3 Å². The predicted molar refractivity (Wildman–Crippen MR) is 109 cm³/mol. The molecule has 156 valence electrons. The molecular formula is C20H33N5O3. The number of nitrogens with zero attached hydrogens (tertiary/aromatic N) is 4. The zero-order chi connectivity index (χ0) is 19.9. The summed E-state index contributed by atoms with van der Waals surface area (Å²) < 4.78 is 19.0. The molecule has 2 aromatic rings. The van der Waals surface area contributed by atoms with E-state index in [-0.39, 0.29) is 6.10 Å². The number of aryl methyl sites for hydroxylation is 1. The van der Waals surface area contributed by atoms with Crippen LogP contribution in [0.15, 0.2) is 0 Å². The van der Waals surface area contributed by atoms with Gasteiger partial charge in [0, 0.05) is 13.2 Å². The number of imidazole rings is 1. The first-order chi connectivity index (χ1) is 13.6. The predicted octanol–water partition coefficient (Wildman–Crippen LogP) is 3.72. The Bertz CT molecular complexity index is 758. The van der Waals surface area contributed by atoms with E-state index >= 15 is 0 Å². The number of hydrogen-bond donors (Lipinski definition) is 1. The number of nitrogens with two attached hydrogens (primary N) is 1. The van der Waals surface area contributed by atoms with E-state index in [9.17, 15) is 0 Å². The van der Waals surface area contributed by atoms with Crippen molar-refractivity contribution in [2.45, 2.75) is 84.0 Å². The number of unbranched alkanes of at least 4 members (excludes halogenated alkanes) is 2. The van der Waals surface area contributed by atoms with Crippen LogP contribution >= 0.6 is 0 Å². The van der Waals surface area contributed by atoms with Crippen molar-refractivity contribution in [2.75, 3.05) is 19.5 Å². The Kier molecular flexibility index (Phi) is 7.30. The van der Waals surface area contributed by atoms with E-state index in [1.165, 1.54) is 19.3 Å². The molecule has 0 amide bonds. The summed E-state index contributed by atoms with van der Waals surface area (Å²) in [4.78, 5) is 13.3. The van der Waals surface area contributed by atoms with Gasteiger partial charge in [-0.05, 0) is 39.0 Å². The summed E-state index contributed by atoms with van der Waals surface area (Å²) >= 11 is 0. The van der Waals surface area contributed by atoms with Gasteiger partial charge >= 0.3 is 6.01 Å². The third kappa shape index (κ3) is 5.04. The monoisotopic (exact) mass is 391 g/mol. The van der Waals surface area contributed by atoms with Crippen molar-refractivity contribution < 1.29 is 14.2 Å². The molecule has 3 heterocycles. The Morgan fingerprint density at radius 3 is 2.82 bits per heavy atom. The second kappa shape index (κ2) is 9.91. The molecule has 1 aliphatic rings. The lowest BCUT2D eigenvalue weighted by Crippen LogP contribution is -2.14. The van der Waals surface area contributed by atoms with E-state index in [4.69, 9.17) is 19.9 Å². The van der Waals surface area contributed by atoms with E-state index in [1.807, 2.05) is 11.5 Å². The van der Waals surface area contributed by atoms with Gasteiger partial charge in [-0.1, -0.05) is 26.2 Å². The maximum atomic E-state index is 6.11. The Labute approximate surface area is 166 Å². The van der Waals surface area contributed by atoms with Crippen molar-refractivity contribution in [3.63, 3.8) is 0 Å². The summed E-state index contributed by atoms with van der Waals surface area (Å²) in [7, 11) is 1.61. The van der Waals surface area contributed by atoms with Crippen LogP contribution in [0.4, 0.5) is 5.82 Å². The lowest BCUT2D eigenvalue weighted by Gasteiger charge is -2.13. The van der Waals surface area contributed by atoms with Crippen molar-refractivity contribution in [1.82, 2.24) is 19.5 Å². The van der Waals surface area contributed by atoms with E-state index < -0.39 is 0 Å². The molecule has 8 nitrogen and oxygen atoms in total. The van der Waals surface area contributed by atoms with Gasteiger partial charge < -0.3 is 19.9 Å². The van der Waals surface area contributed by atoms with Gasteiger partial charge in [0.25, 0.3) is 6.01 Å². The lowest BCUT2D eigenvalue weighted by molar-refractivity contribution is 0.102. The largest absolute Gasteiger partial charge is 0.468 e. The second-order valence-electron chi connectivity index (χ2n) is 7.52. The molecular weight excluding hydrogens is 358 g/mol. The Hall–Kier alpha value is -2.09. The number of rotatable bonds is 11. The first-order valence-corrected chi connectivity index (χ1v) is 10.5. The summed E-state index contributed by atoms with van der Waals surface area (Å²) in [6.07, 6.45) is 9.33. The second-order valence-corrected chi connectivity index (χ2v) is 7.52. The molecule has 28 heavy (non-hydrogen) atoms. The molecule has 0 saturated carbocycles. The first-order valence-electron chi connectivity index (χ1n) is 10.5. The van der Waals surface area contributed by atoms with Crippen LogP contribution in [-0.2, 0) is 11.3 Å². The topological polar surface area (TPSA) is 97.3 Å². The molecule has 0 aromatic carbocycles. The van der Waals surface area contributed by atoms with E-state index in [0.717, 1.165) is 45.3 Å². The number of fused-ring (bicyclic) bond motifs is 1. The minimum Gasteiger partial charge on any atom is -0.468 e. The van der Waals surface area contributed by atoms with E-state index in [0.29, 0.717) is 35.1 Å². The third-order valence-corrected chi connectivity index (χ3v) is 5.18. The van der Waals surface area contributed by atoms with Crippen LogP contribution in [0.2, 0.25) is 0 Å². The van der Waals surface area contributed by atoms with Crippen molar-refractivity contribution in [2.24, 2.45) is 0 Å². The minimum absolute atomic E-state index is 0.0397. The molecule has 8 heteroatoms. The molecule has 0 spiro atoms. The molecule has 1 unspecified atom stereocenters. The number of hydrogen-bond acceptors (Lipinski definition) is 7. The standard InChI is InChI=1S/C20H33N5O3/c1-4-9-14(2)28-19-23-17(21)16-18(24-19)25(20(22-16)26-3)12-7-5-6-10-15-11-8-13-27-15/h14-15H,4-13H2,1-3H3,(H2,21,23,24)/t14-,15?/m0/s1. The van der Waals surface area contributed by atoms with Gasteiger partial charge in [-0.25, -0.2) is 0 Å². The summed E-state index contributed by atoms with van der Waals surface area (Å²) in [6, 6.07) is 0.807. The SMILES string of the molecule is CCC[C@H](C)Oc1nc(N)c2nc(OC)n(CCCCCC3CCCO3)c2n1. The van der Waals surface area contributed by atoms with Crippen LogP contribution in [0, 0.1) is 0 Å². The highest BCUT2D eigenvalue weighted by atomic mass is 16.5. The zero-order valence-corrected chi connectivity index (χ0v) is 17.3. The molecule has 0 radical (unpaired) electrons. The van der Waals surface area contributed by atoms with E-state index in [2.05, 4.69) is 21.9 Å². The maximum absolute atomic E-state index is 6.11. The molecule has 3 rings (SSSR count). The van der Waals surface area contributed by atoms with Crippen molar-refractivity contribution in [3.8, 4) is 12.0 Å². The average molecular weight is 392 g/mol. The van der Waals surface area contributed by atoms with Gasteiger partial charge in [0.2, 0.25) is 0 Å². The van der Waals surface area contributed by atoms with Crippen LogP contribution in [0.3, 0.4) is 0 Å². The van der Waals surface area contributed by atoms with Gasteiger partial charge in [0.1, 0.15) is 0 Å². The fourth-order valence-corrected chi connectivity index (χ4v) is 3.73. The van der Waals surface area contributed by atoms with Gasteiger partial charge in [0.15, 0.2) is 17.0 Å². The zero-order valence-electron chi connectivity index (χ0n) is 17.3. The maximum Gasteiger partial charge on any atom is 0.320 e. The van der Waals surface area contributed by atoms with Gasteiger partial charge in [-0.15, -0.1) is 0 Å². The number of nitrogen functional groups attached to an aromatic ring is 1. The molecule has 0 bridgehead atoms. The van der Waals surface area contributed by atoms with Crippen LogP contribution in [-0.4, -0.2) is 45.4 Å². The number of anilines is 1. The van der Waals surface area contributed by atoms with E-state index in [1.54, 1.807) is 7.11 Å². The Morgan fingerprint density at radius 2 is 2.11 bits per heavy atom. The van der Waals surface area contributed by atoms with Crippen LogP contribution in [0.1, 0.15) is 65.2 Å². The van der Waals surface area contributed by atoms with Crippen molar-refractivity contribution in [3.05, 3.63) is 0 Å². The average Bonchev–Trinajstić information content (AvgIpc) is 3.30. The molecule has 0 aliphatic carbocycles. The molecule has 2 atom stereocenters. The van der Waals surface area contributed by atoms with Crippen molar-refractivity contribution in [1.29, 1.82) is 0 Å². The summed E-state index contributed by atoms with van der Waals surface area (Å²) in [5, 5.41) is 0. The van der Waals surface area contributed by atoms with Crippen LogP contribution in [0.5, 0.6) is 12.0 Å². The first kappa shape index (κ1) is 20.6. The molecule has 1 aliphatic heterocycles. The third-order valence-electron chi connectivity index (χ3n) is 5.18. The van der Waals surface area contributed by atoms with Crippen LogP contribution < -0.4 is 15.2 Å². The van der Waals surface area contributed by atoms with Crippen molar-refractivity contribution >= 4 is 17.0 Å². The minimum atomic E-state index is 0.0397. The number of aromatic nitrogens is 4. The normalized spacial score (nSPS) is 17.9.